The Hall–Kier alpha value is -2.08. The van der Waals surface area contributed by atoms with E-state index in [1.807, 2.05) is 19.9 Å². The average molecular weight is 276 g/mol. The largest absolute Gasteiger partial charge is 0.353 e. The molecule has 6 heteroatoms. The molecule has 0 radical (unpaired) electrons. The number of hydrogen-bond acceptors (Lipinski definition) is 4. The van der Waals surface area contributed by atoms with E-state index in [9.17, 15) is 9.59 Å². The number of amides is 2. The summed E-state index contributed by atoms with van der Waals surface area (Å²) in [6.07, 6.45) is 0.592. The van der Waals surface area contributed by atoms with E-state index in [4.69, 9.17) is 5.84 Å². The molecule has 1 fully saturated rings. The molecule has 20 heavy (non-hydrogen) atoms. The number of carbonyl (C=O) groups excluding carboxylic acids is 2. The maximum absolute atomic E-state index is 12.7. The number of benzene rings is 1. The first-order valence-electron chi connectivity index (χ1n) is 6.74. The van der Waals surface area contributed by atoms with Crippen LogP contribution in [0.1, 0.15) is 29.3 Å². The van der Waals surface area contributed by atoms with E-state index < -0.39 is 6.04 Å². The molecule has 1 aliphatic rings. The Labute approximate surface area is 118 Å². The van der Waals surface area contributed by atoms with Crippen molar-refractivity contribution in [3.63, 3.8) is 0 Å². The number of nitrogen functional groups attached to an aromatic ring is 1. The van der Waals surface area contributed by atoms with Crippen LogP contribution in [0.5, 0.6) is 0 Å². The van der Waals surface area contributed by atoms with Crippen LogP contribution < -0.4 is 16.6 Å². The minimum absolute atomic E-state index is 0.0954. The third-order valence-corrected chi connectivity index (χ3v) is 3.54. The van der Waals surface area contributed by atoms with Crippen LogP contribution >= 0.6 is 0 Å². The van der Waals surface area contributed by atoms with Gasteiger partial charge in [0.05, 0.1) is 11.3 Å². The number of hydrazine groups is 1. The standard InChI is InChI=1S/C14H20N4O2/c1-3-12-13(19)16-6-7-18(12)14(20)10-8-9(2)4-5-11(10)17-15/h4-5,8,12,17H,3,6-7,15H2,1-2H3,(H,16,19). The van der Waals surface area contributed by atoms with Gasteiger partial charge in [0, 0.05) is 13.1 Å². The van der Waals surface area contributed by atoms with Gasteiger partial charge < -0.3 is 15.6 Å². The van der Waals surface area contributed by atoms with E-state index in [0.717, 1.165) is 5.56 Å². The van der Waals surface area contributed by atoms with Gasteiger partial charge in [-0.15, -0.1) is 0 Å². The molecule has 6 nitrogen and oxygen atoms in total. The van der Waals surface area contributed by atoms with Gasteiger partial charge in [0.15, 0.2) is 0 Å². The number of aryl methyl sites for hydroxylation is 1. The summed E-state index contributed by atoms with van der Waals surface area (Å²) in [6.45, 7) is 4.81. The lowest BCUT2D eigenvalue weighted by atomic mass is 10.0. The van der Waals surface area contributed by atoms with E-state index in [0.29, 0.717) is 30.8 Å². The van der Waals surface area contributed by atoms with Crippen molar-refractivity contribution in [2.75, 3.05) is 18.5 Å². The van der Waals surface area contributed by atoms with Crippen LogP contribution in [-0.4, -0.2) is 35.8 Å². The lowest BCUT2D eigenvalue weighted by molar-refractivity contribution is -0.127. The number of nitrogens with zero attached hydrogens (tertiary/aromatic N) is 1. The second-order valence-electron chi connectivity index (χ2n) is 4.91. The van der Waals surface area contributed by atoms with Gasteiger partial charge in [0.2, 0.25) is 5.91 Å². The second-order valence-corrected chi connectivity index (χ2v) is 4.91. The predicted octanol–water partition coefficient (Wildman–Crippen LogP) is 0.631. The van der Waals surface area contributed by atoms with Crippen LogP contribution in [0.3, 0.4) is 0 Å². The predicted molar refractivity (Wildman–Crippen MR) is 77.1 cm³/mol. The summed E-state index contributed by atoms with van der Waals surface area (Å²) in [5.74, 6) is 5.20. The molecule has 0 bridgehead atoms. The summed E-state index contributed by atoms with van der Waals surface area (Å²) in [5, 5.41) is 2.79. The molecular formula is C14H20N4O2. The van der Waals surface area contributed by atoms with Crippen LogP contribution in [0.4, 0.5) is 5.69 Å². The second kappa shape index (κ2) is 5.92. The lowest BCUT2D eigenvalue weighted by Crippen LogP contribution is -2.57. The number of piperazine rings is 1. The first-order chi connectivity index (χ1) is 9.58. The topological polar surface area (TPSA) is 87.5 Å². The van der Waals surface area contributed by atoms with E-state index in [1.54, 1.807) is 17.0 Å². The number of nitrogens with two attached hydrogens (primary N) is 1. The minimum Gasteiger partial charge on any atom is -0.353 e. The molecule has 108 valence electrons. The van der Waals surface area contributed by atoms with Crippen molar-refractivity contribution in [1.29, 1.82) is 0 Å². The summed E-state index contributed by atoms with van der Waals surface area (Å²) >= 11 is 0. The molecule has 2 amide bonds. The van der Waals surface area contributed by atoms with Gasteiger partial charge in [-0.05, 0) is 25.5 Å². The third kappa shape index (κ3) is 2.60. The van der Waals surface area contributed by atoms with Crippen LogP contribution in [-0.2, 0) is 4.79 Å². The third-order valence-electron chi connectivity index (χ3n) is 3.54. The van der Waals surface area contributed by atoms with Crippen LogP contribution in [0.15, 0.2) is 18.2 Å². The Morgan fingerprint density at radius 3 is 2.95 bits per heavy atom. The van der Waals surface area contributed by atoms with Crippen molar-refractivity contribution in [3.05, 3.63) is 29.3 Å². The highest BCUT2D eigenvalue weighted by molar-refractivity contribution is 6.02. The molecule has 0 spiro atoms. The molecule has 2 rings (SSSR count). The van der Waals surface area contributed by atoms with Gasteiger partial charge in [-0.25, -0.2) is 0 Å². The number of carbonyl (C=O) groups is 2. The Bertz CT molecular complexity index is 530. The maximum atomic E-state index is 12.7. The van der Waals surface area contributed by atoms with Gasteiger partial charge in [-0.1, -0.05) is 18.6 Å². The Morgan fingerprint density at radius 1 is 1.55 bits per heavy atom. The van der Waals surface area contributed by atoms with Crippen molar-refractivity contribution in [3.8, 4) is 0 Å². The fraction of sp³-hybridized carbons (Fsp3) is 0.429. The van der Waals surface area contributed by atoms with Gasteiger partial charge in [0.1, 0.15) is 6.04 Å². The number of hydrogen-bond donors (Lipinski definition) is 3. The summed E-state index contributed by atoms with van der Waals surface area (Å²) < 4.78 is 0. The monoisotopic (exact) mass is 276 g/mol. The average Bonchev–Trinajstić information content (AvgIpc) is 2.46. The van der Waals surface area contributed by atoms with Crippen molar-refractivity contribution in [2.24, 2.45) is 5.84 Å². The molecule has 0 aromatic heterocycles. The highest BCUT2D eigenvalue weighted by atomic mass is 16.2. The molecule has 1 heterocycles. The Kier molecular flexibility index (Phi) is 4.24. The van der Waals surface area contributed by atoms with Crippen molar-refractivity contribution < 1.29 is 9.59 Å². The number of rotatable bonds is 3. The van der Waals surface area contributed by atoms with Gasteiger partial charge in [-0.3, -0.25) is 15.4 Å². The minimum atomic E-state index is -0.414. The summed E-state index contributed by atoms with van der Waals surface area (Å²) in [4.78, 5) is 26.2. The summed E-state index contributed by atoms with van der Waals surface area (Å²) in [7, 11) is 0. The zero-order chi connectivity index (χ0) is 14.7. The fourth-order valence-corrected chi connectivity index (χ4v) is 2.48. The summed E-state index contributed by atoms with van der Waals surface area (Å²) in [5.41, 5.74) is 4.58. The van der Waals surface area contributed by atoms with E-state index in [-0.39, 0.29) is 11.8 Å². The van der Waals surface area contributed by atoms with Crippen LogP contribution in [0.2, 0.25) is 0 Å². The molecule has 1 atom stereocenters. The van der Waals surface area contributed by atoms with Crippen molar-refractivity contribution in [1.82, 2.24) is 10.2 Å². The van der Waals surface area contributed by atoms with E-state index in [2.05, 4.69) is 10.7 Å². The molecule has 0 saturated carbocycles. The normalized spacial score (nSPS) is 18.6. The SMILES string of the molecule is CCC1C(=O)NCCN1C(=O)c1cc(C)ccc1NN. The zero-order valence-electron chi connectivity index (χ0n) is 11.8. The first-order valence-corrected chi connectivity index (χ1v) is 6.74. The molecule has 0 aliphatic carbocycles. The van der Waals surface area contributed by atoms with Crippen molar-refractivity contribution >= 4 is 17.5 Å². The first kappa shape index (κ1) is 14.3. The quantitative estimate of drug-likeness (QED) is 0.558. The van der Waals surface area contributed by atoms with Crippen LogP contribution in [0.25, 0.3) is 0 Å². The number of anilines is 1. The maximum Gasteiger partial charge on any atom is 0.256 e. The fourth-order valence-electron chi connectivity index (χ4n) is 2.48. The van der Waals surface area contributed by atoms with E-state index in [1.165, 1.54) is 0 Å². The number of nitrogens with one attached hydrogen (secondary N) is 2. The summed E-state index contributed by atoms with van der Waals surface area (Å²) in [6, 6.07) is 5.03. The van der Waals surface area contributed by atoms with Gasteiger partial charge >= 0.3 is 0 Å². The van der Waals surface area contributed by atoms with Gasteiger partial charge in [-0.2, -0.15) is 0 Å². The molecule has 1 aliphatic heterocycles. The molecule has 1 unspecified atom stereocenters. The molecule has 1 aromatic carbocycles. The Balaban J connectivity index is 2.34. The van der Waals surface area contributed by atoms with Gasteiger partial charge in [0.25, 0.3) is 5.91 Å². The van der Waals surface area contributed by atoms with E-state index >= 15 is 0 Å². The molecule has 4 N–H and O–H groups in total. The highest BCUT2D eigenvalue weighted by Gasteiger charge is 2.32. The Morgan fingerprint density at radius 2 is 2.30 bits per heavy atom. The zero-order valence-corrected chi connectivity index (χ0v) is 11.8. The molecule has 1 saturated heterocycles. The highest BCUT2D eigenvalue weighted by Crippen LogP contribution is 2.21. The molecular weight excluding hydrogens is 256 g/mol. The smallest absolute Gasteiger partial charge is 0.256 e. The van der Waals surface area contributed by atoms with Crippen LogP contribution in [0, 0.1) is 6.92 Å². The van der Waals surface area contributed by atoms with Crippen molar-refractivity contribution in [2.45, 2.75) is 26.3 Å². The molecule has 1 aromatic rings. The lowest BCUT2D eigenvalue weighted by Gasteiger charge is -2.35.